The molecule has 0 aromatic heterocycles. The summed E-state index contributed by atoms with van der Waals surface area (Å²) in [4.78, 5) is 4.66. The van der Waals surface area contributed by atoms with Gasteiger partial charge in [0.2, 0.25) is 5.90 Å². The Balaban J connectivity index is 1.87. The fourth-order valence-corrected chi connectivity index (χ4v) is 2.61. The van der Waals surface area contributed by atoms with E-state index in [1.54, 1.807) is 6.26 Å². The molecule has 0 aliphatic rings. The van der Waals surface area contributed by atoms with Crippen LogP contribution in [-0.4, -0.2) is 12.5 Å². The predicted octanol–water partition coefficient (Wildman–Crippen LogP) is 6.49. The summed E-state index contributed by atoms with van der Waals surface area (Å²) in [6.45, 7) is 6.48. The maximum absolute atomic E-state index is 6.10. The van der Waals surface area contributed by atoms with Gasteiger partial charge in [0, 0.05) is 11.6 Å². The third-order valence-corrected chi connectivity index (χ3v) is 4.02. The lowest BCUT2D eigenvalue weighted by atomic mass is 10.2. The summed E-state index contributed by atoms with van der Waals surface area (Å²) in [5, 5.41) is 0. The molecule has 4 nitrogen and oxygen atoms in total. The molecular weight excluding hydrogens is 362 g/mol. The minimum atomic E-state index is 0.456. The van der Waals surface area contributed by atoms with Gasteiger partial charge in [0.1, 0.15) is 17.2 Å². The lowest BCUT2D eigenvalue weighted by Gasteiger charge is -2.11. The van der Waals surface area contributed by atoms with Crippen LogP contribution < -0.4 is 14.2 Å². The van der Waals surface area contributed by atoms with Crippen LogP contribution in [0.2, 0.25) is 0 Å². The van der Waals surface area contributed by atoms with Gasteiger partial charge in [-0.25, -0.2) is 4.99 Å². The second-order valence-electron chi connectivity index (χ2n) is 6.50. The normalized spacial score (nSPS) is 11.8. The van der Waals surface area contributed by atoms with Crippen molar-refractivity contribution >= 4 is 11.6 Å². The fraction of sp³-hybridized carbons (Fsp3) is 0.160. The molecule has 0 N–H and O–H groups in total. The van der Waals surface area contributed by atoms with Crippen LogP contribution in [0.5, 0.6) is 17.2 Å². The van der Waals surface area contributed by atoms with Crippen molar-refractivity contribution in [2.45, 2.75) is 20.8 Å². The lowest BCUT2D eigenvalue weighted by molar-refractivity contribution is 0.339. The summed E-state index contributed by atoms with van der Waals surface area (Å²) in [6, 6.07) is 25.1. The zero-order valence-electron chi connectivity index (χ0n) is 17.0. The average Bonchev–Trinajstić information content (AvgIpc) is 2.73. The molecule has 0 unspecified atom stereocenters. The number of benzene rings is 3. The lowest BCUT2D eigenvalue weighted by Crippen LogP contribution is -2.11. The number of aliphatic imine (C=N–C) groups is 1. The fourth-order valence-electron chi connectivity index (χ4n) is 2.61. The molecule has 0 radical (unpaired) electrons. The van der Waals surface area contributed by atoms with Gasteiger partial charge < -0.3 is 14.2 Å². The summed E-state index contributed by atoms with van der Waals surface area (Å²) in [5.41, 5.74) is 2.69. The Morgan fingerprint density at radius 3 is 2.34 bits per heavy atom. The molecule has 0 bridgehead atoms. The van der Waals surface area contributed by atoms with Gasteiger partial charge in [0.05, 0.1) is 18.6 Å². The Bertz CT molecular complexity index is 994. The van der Waals surface area contributed by atoms with Crippen molar-refractivity contribution in [3.8, 4) is 17.2 Å². The number of rotatable bonds is 7. The third-order valence-electron chi connectivity index (χ3n) is 4.02. The largest absolute Gasteiger partial charge is 0.494 e. The van der Waals surface area contributed by atoms with Crippen LogP contribution in [0.25, 0.3) is 0 Å². The molecule has 148 valence electrons. The van der Waals surface area contributed by atoms with Crippen molar-refractivity contribution in [3.05, 3.63) is 96.3 Å². The Morgan fingerprint density at radius 2 is 1.59 bits per heavy atom. The third kappa shape index (κ3) is 6.25. The molecule has 0 saturated carbocycles. The number of hydrogen-bond donors (Lipinski definition) is 0. The molecule has 0 heterocycles. The van der Waals surface area contributed by atoms with Crippen molar-refractivity contribution in [1.29, 1.82) is 0 Å². The van der Waals surface area contributed by atoms with Crippen molar-refractivity contribution in [1.82, 2.24) is 0 Å². The highest BCUT2D eigenvalue weighted by Crippen LogP contribution is 2.22. The molecule has 0 aliphatic heterocycles. The summed E-state index contributed by atoms with van der Waals surface area (Å²) < 4.78 is 17.5. The van der Waals surface area contributed by atoms with Gasteiger partial charge in [0.15, 0.2) is 0 Å². The maximum Gasteiger partial charge on any atom is 0.225 e. The molecular formula is C25H25NO3. The molecule has 0 fully saturated rings. The summed E-state index contributed by atoms with van der Waals surface area (Å²) in [5.74, 6) is 2.62. The SMILES string of the molecule is CCOc1cccc(O/C(=N/c2ccccc2)C(C)=COc2cccc(C)c2)c1. The van der Waals surface area contributed by atoms with E-state index >= 15 is 0 Å². The molecule has 0 spiro atoms. The molecule has 0 aliphatic carbocycles. The monoisotopic (exact) mass is 387 g/mol. The van der Waals surface area contributed by atoms with E-state index < -0.39 is 0 Å². The summed E-state index contributed by atoms with van der Waals surface area (Å²) in [7, 11) is 0. The Morgan fingerprint density at radius 1 is 0.862 bits per heavy atom. The van der Waals surface area contributed by atoms with Gasteiger partial charge in [-0.1, -0.05) is 36.4 Å². The minimum absolute atomic E-state index is 0.456. The van der Waals surface area contributed by atoms with Gasteiger partial charge in [0.25, 0.3) is 0 Å². The molecule has 3 aromatic rings. The van der Waals surface area contributed by atoms with Crippen LogP contribution >= 0.6 is 0 Å². The van der Waals surface area contributed by atoms with Crippen LogP contribution in [0.4, 0.5) is 5.69 Å². The summed E-state index contributed by atoms with van der Waals surface area (Å²) >= 11 is 0. The standard InChI is InChI=1S/C25H25NO3/c1-4-27-23-14-9-15-24(17-23)29-25(26-21-11-6-5-7-12-21)20(3)18-28-22-13-8-10-19(2)16-22/h5-18H,4H2,1-3H3/b20-18?,26-25+. The van der Waals surface area contributed by atoms with E-state index in [-0.39, 0.29) is 0 Å². The Labute approximate surface area is 172 Å². The second kappa shape index (κ2) is 10.1. The Kier molecular flexibility index (Phi) is 7.06. The zero-order chi connectivity index (χ0) is 20.5. The first-order valence-electron chi connectivity index (χ1n) is 9.59. The van der Waals surface area contributed by atoms with E-state index in [1.807, 2.05) is 99.6 Å². The van der Waals surface area contributed by atoms with Gasteiger partial charge >= 0.3 is 0 Å². The van der Waals surface area contributed by atoms with Gasteiger partial charge in [-0.15, -0.1) is 0 Å². The van der Waals surface area contributed by atoms with Gasteiger partial charge in [-0.3, -0.25) is 0 Å². The highest BCUT2D eigenvalue weighted by atomic mass is 16.5. The van der Waals surface area contributed by atoms with Crippen molar-refractivity contribution in [2.24, 2.45) is 4.99 Å². The van der Waals surface area contributed by atoms with E-state index in [0.717, 1.165) is 28.3 Å². The number of aryl methyl sites for hydroxylation is 1. The van der Waals surface area contributed by atoms with Crippen molar-refractivity contribution in [2.75, 3.05) is 6.61 Å². The molecule has 0 amide bonds. The van der Waals surface area contributed by atoms with E-state index in [4.69, 9.17) is 14.2 Å². The van der Waals surface area contributed by atoms with Gasteiger partial charge in [-0.2, -0.15) is 0 Å². The topological polar surface area (TPSA) is 40.0 Å². The minimum Gasteiger partial charge on any atom is -0.494 e. The summed E-state index contributed by atoms with van der Waals surface area (Å²) in [6.07, 6.45) is 1.66. The first-order chi connectivity index (χ1) is 14.1. The van der Waals surface area contributed by atoms with Crippen LogP contribution in [0.15, 0.2) is 95.7 Å². The highest BCUT2D eigenvalue weighted by molar-refractivity contribution is 5.96. The van der Waals surface area contributed by atoms with Crippen molar-refractivity contribution in [3.63, 3.8) is 0 Å². The first-order valence-corrected chi connectivity index (χ1v) is 9.59. The van der Waals surface area contributed by atoms with Crippen LogP contribution in [0.3, 0.4) is 0 Å². The Hall–Kier alpha value is -3.53. The quantitative estimate of drug-likeness (QED) is 0.264. The van der Waals surface area contributed by atoms with E-state index in [2.05, 4.69) is 4.99 Å². The molecule has 3 rings (SSSR count). The van der Waals surface area contributed by atoms with E-state index in [9.17, 15) is 0 Å². The maximum atomic E-state index is 6.10. The van der Waals surface area contributed by atoms with E-state index in [0.29, 0.717) is 18.3 Å². The van der Waals surface area contributed by atoms with Gasteiger partial charge in [-0.05, 0) is 62.7 Å². The molecule has 3 aromatic carbocycles. The predicted molar refractivity (Wildman–Crippen MR) is 117 cm³/mol. The molecule has 0 saturated heterocycles. The number of ether oxygens (including phenoxy) is 3. The van der Waals surface area contributed by atoms with Crippen LogP contribution in [0, 0.1) is 6.92 Å². The van der Waals surface area contributed by atoms with Crippen molar-refractivity contribution < 1.29 is 14.2 Å². The number of nitrogens with zero attached hydrogens (tertiary/aromatic N) is 1. The van der Waals surface area contributed by atoms with Crippen LogP contribution in [0.1, 0.15) is 19.4 Å². The smallest absolute Gasteiger partial charge is 0.225 e. The molecule has 0 atom stereocenters. The second-order valence-corrected chi connectivity index (χ2v) is 6.50. The molecule has 4 heteroatoms. The molecule has 29 heavy (non-hydrogen) atoms. The average molecular weight is 387 g/mol. The zero-order valence-corrected chi connectivity index (χ0v) is 17.0. The van der Waals surface area contributed by atoms with Crippen LogP contribution in [-0.2, 0) is 0 Å². The number of para-hydroxylation sites is 1. The number of hydrogen-bond acceptors (Lipinski definition) is 4. The highest BCUT2D eigenvalue weighted by Gasteiger charge is 2.09. The van der Waals surface area contributed by atoms with E-state index in [1.165, 1.54) is 0 Å². The first kappa shape index (κ1) is 20.2.